The van der Waals surface area contributed by atoms with Crippen LogP contribution < -0.4 is 10.2 Å². The minimum absolute atomic E-state index is 0.321. The Morgan fingerprint density at radius 1 is 1.00 bits per heavy atom. The van der Waals surface area contributed by atoms with Gasteiger partial charge >= 0.3 is 0 Å². The van der Waals surface area contributed by atoms with Gasteiger partial charge in [-0.25, -0.2) is 4.98 Å². The summed E-state index contributed by atoms with van der Waals surface area (Å²) in [5, 5.41) is 4.01. The van der Waals surface area contributed by atoms with E-state index in [-0.39, 0.29) is 0 Å². The second kappa shape index (κ2) is 8.68. The maximum Gasteiger partial charge on any atom is 0.224 e. The lowest BCUT2D eigenvalue weighted by Crippen LogP contribution is -2.31. The highest BCUT2D eigenvalue weighted by atomic mass is 35.5. The second-order valence-electron chi connectivity index (χ2n) is 6.39. The monoisotopic (exact) mass is 366 g/mol. The number of hydrogen-bond acceptors (Lipinski definition) is 4. The highest BCUT2D eigenvalue weighted by Crippen LogP contribution is 2.20. The standard InChI is InChI=1S/C21H23ClN4/c1-16(2)26(15-17-8-4-3-5-9-17)20-12-13-23-21(25-20)24-14-18-10-6-7-11-19(18)22/h3-13,16H,14-15H2,1-2H3,(H,23,24,25). The minimum atomic E-state index is 0.321. The lowest BCUT2D eigenvalue weighted by Gasteiger charge is -2.28. The molecule has 0 spiro atoms. The quantitative estimate of drug-likeness (QED) is 0.627. The highest BCUT2D eigenvalue weighted by Gasteiger charge is 2.13. The van der Waals surface area contributed by atoms with E-state index in [1.54, 1.807) is 6.20 Å². The van der Waals surface area contributed by atoms with Crippen molar-refractivity contribution in [1.82, 2.24) is 9.97 Å². The molecule has 3 aromatic rings. The van der Waals surface area contributed by atoms with E-state index < -0.39 is 0 Å². The molecule has 0 saturated carbocycles. The van der Waals surface area contributed by atoms with Gasteiger partial charge in [-0.2, -0.15) is 4.98 Å². The average Bonchev–Trinajstić information content (AvgIpc) is 2.66. The van der Waals surface area contributed by atoms with Gasteiger partial charge in [0.25, 0.3) is 0 Å². The number of nitrogens with one attached hydrogen (secondary N) is 1. The van der Waals surface area contributed by atoms with Crippen LogP contribution in [0.2, 0.25) is 5.02 Å². The third kappa shape index (κ3) is 4.73. The van der Waals surface area contributed by atoms with Crippen LogP contribution in [-0.4, -0.2) is 16.0 Å². The molecule has 0 fully saturated rings. The summed E-state index contributed by atoms with van der Waals surface area (Å²) in [5.41, 5.74) is 2.28. The Morgan fingerprint density at radius 2 is 1.73 bits per heavy atom. The summed E-state index contributed by atoms with van der Waals surface area (Å²) in [6, 6.07) is 20.5. The molecule has 0 unspecified atom stereocenters. The SMILES string of the molecule is CC(C)N(Cc1ccccc1)c1ccnc(NCc2ccccc2Cl)n1. The van der Waals surface area contributed by atoms with Crippen molar-refractivity contribution in [3.8, 4) is 0 Å². The number of rotatable bonds is 7. The van der Waals surface area contributed by atoms with Crippen LogP contribution in [0.15, 0.2) is 66.9 Å². The molecular formula is C21H23ClN4. The third-order valence-corrected chi connectivity index (χ3v) is 4.52. The molecule has 1 heterocycles. The van der Waals surface area contributed by atoms with E-state index in [1.807, 2.05) is 36.4 Å². The van der Waals surface area contributed by atoms with Crippen molar-refractivity contribution in [3.63, 3.8) is 0 Å². The Hall–Kier alpha value is -2.59. The van der Waals surface area contributed by atoms with E-state index in [9.17, 15) is 0 Å². The zero-order valence-corrected chi connectivity index (χ0v) is 15.8. The number of hydrogen-bond donors (Lipinski definition) is 1. The lowest BCUT2D eigenvalue weighted by molar-refractivity contribution is 0.671. The molecule has 1 N–H and O–H groups in total. The Labute approximate surface area is 159 Å². The number of anilines is 2. The molecule has 0 bridgehead atoms. The van der Waals surface area contributed by atoms with Gasteiger partial charge in [0.15, 0.2) is 0 Å². The molecule has 0 amide bonds. The molecule has 4 nitrogen and oxygen atoms in total. The Balaban J connectivity index is 1.75. The van der Waals surface area contributed by atoms with Crippen molar-refractivity contribution in [1.29, 1.82) is 0 Å². The van der Waals surface area contributed by atoms with Gasteiger partial charge in [-0.1, -0.05) is 60.1 Å². The van der Waals surface area contributed by atoms with Crippen LogP contribution in [0.5, 0.6) is 0 Å². The summed E-state index contributed by atoms with van der Waals surface area (Å²) >= 11 is 6.21. The highest BCUT2D eigenvalue weighted by molar-refractivity contribution is 6.31. The van der Waals surface area contributed by atoms with Crippen LogP contribution in [0.3, 0.4) is 0 Å². The smallest absolute Gasteiger partial charge is 0.224 e. The van der Waals surface area contributed by atoms with Crippen molar-refractivity contribution in [2.45, 2.75) is 33.0 Å². The topological polar surface area (TPSA) is 41.1 Å². The molecule has 3 rings (SSSR count). The van der Waals surface area contributed by atoms with Gasteiger partial charge in [0.05, 0.1) is 0 Å². The summed E-state index contributed by atoms with van der Waals surface area (Å²) in [6.45, 7) is 5.73. The second-order valence-corrected chi connectivity index (χ2v) is 6.80. The molecule has 0 aliphatic heterocycles. The predicted octanol–water partition coefficient (Wildman–Crippen LogP) is 5.16. The minimum Gasteiger partial charge on any atom is -0.350 e. The molecule has 0 radical (unpaired) electrons. The summed E-state index contributed by atoms with van der Waals surface area (Å²) in [5.74, 6) is 1.50. The summed E-state index contributed by atoms with van der Waals surface area (Å²) in [6.07, 6.45) is 1.79. The van der Waals surface area contributed by atoms with Crippen molar-refractivity contribution in [2.24, 2.45) is 0 Å². The van der Waals surface area contributed by atoms with E-state index in [2.05, 4.69) is 53.3 Å². The number of halogens is 1. The molecule has 0 atom stereocenters. The number of nitrogens with zero attached hydrogens (tertiary/aromatic N) is 3. The van der Waals surface area contributed by atoms with Gasteiger partial charge in [0.1, 0.15) is 5.82 Å². The van der Waals surface area contributed by atoms with E-state index in [4.69, 9.17) is 16.6 Å². The van der Waals surface area contributed by atoms with Gasteiger partial charge in [-0.15, -0.1) is 0 Å². The van der Waals surface area contributed by atoms with E-state index in [0.29, 0.717) is 18.5 Å². The third-order valence-electron chi connectivity index (χ3n) is 4.15. The van der Waals surface area contributed by atoms with Gasteiger partial charge in [-0.05, 0) is 37.1 Å². The number of benzene rings is 2. The first-order valence-corrected chi connectivity index (χ1v) is 9.12. The van der Waals surface area contributed by atoms with Crippen LogP contribution in [0, 0.1) is 0 Å². The fourth-order valence-corrected chi connectivity index (χ4v) is 2.92. The van der Waals surface area contributed by atoms with E-state index >= 15 is 0 Å². The Bertz CT molecular complexity index is 836. The van der Waals surface area contributed by atoms with Gasteiger partial charge in [0, 0.05) is 30.4 Å². The molecule has 134 valence electrons. The van der Waals surface area contributed by atoms with Crippen LogP contribution in [0.25, 0.3) is 0 Å². The first-order valence-electron chi connectivity index (χ1n) is 8.74. The normalized spacial score (nSPS) is 10.8. The lowest BCUT2D eigenvalue weighted by atomic mass is 10.2. The average molecular weight is 367 g/mol. The largest absolute Gasteiger partial charge is 0.350 e. The fraction of sp³-hybridized carbons (Fsp3) is 0.238. The fourth-order valence-electron chi connectivity index (χ4n) is 2.72. The van der Waals surface area contributed by atoms with Crippen molar-refractivity contribution in [3.05, 3.63) is 83.0 Å². The van der Waals surface area contributed by atoms with Crippen molar-refractivity contribution < 1.29 is 0 Å². The maximum absolute atomic E-state index is 6.21. The van der Waals surface area contributed by atoms with Crippen LogP contribution in [0.4, 0.5) is 11.8 Å². The molecule has 2 aromatic carbocycles. The zero-order valence-electron chi connectivity index (χ0n) is 15.1. The van der Waals surface area contributed by atoms with Crippen LogP contribution in [-0.2, 0) is 13.1 Å². The first-order chi connectivity index (χ1) is 12.6. The molecule has 0 aliphatic rings. The predicted molar refractivity (Wildman–Crippen MR) is 109 cm³/mol. The van der Waals surface area contributed by atoms with Gasteiger partial charge < -0.3 is 10.2 Å². The molecule has 0 saturated heterocycles. The Morgan fingerprint density at radius 3 is 2.46 bits per heavy atom. The molecular weight excluding hydrogens is 344 g/mol. The molecule has 0 aliphatic carbocycles. The van der Waals surface area contributed by atoms with Gasteiger partial charge in [-0.3, -0.25) is 0 Å². The summed E-state index contributed by atoms with van der Waals surface area (Å²) < 4.78 is 0. The van der Waals surface area contributed by atoms with Gasteiger partial charge in [0.2, 0.25) is 5.95 Å². The van der Waals surface area contributed by atoms with Crippen LogP contribution >= 0.6 is 11.6 Å². The summed E-state index contributed by atoms with van der Waals surface area (Å²) in [7, 11) is 0. The first kappa shape index (κ1) is 18.2. The zero-order chi connectivity index (χ0) is 18.4. The van der Waals surface area contributed by atoms with Crippen molar-refractivity contribution >= 4 is 23.4 Å². The molecule has 26 heavy (non-hydrogen) atoms. The Kier molecular flexibility index (Phi) is 6.08. The number of aromatic nitrogens is 2. The van der Waals surface area contributed by atoms with Crippen LogP contribution in [0.1, 0.15) is 25.0 Å². The van der Waals surface area contributed by atoms with E-state index in [1.165, 1.54) is 5.56 Å². The molecule has 5 heteroatoms. The summed E-state index contributed by atoms with van der Waals surface area (Å²) in [4.78, 5) is 11.3. The maximum atomic E-state index is 6.21. The molecule has 1 aromatic heterocycles. The van der Waals surface area contributed by atoms with Crippen molar-refractivity contribution in [2.75, 3.05) is 10.2 Å². The van der Waals surface area contributed by atoms with E-state index in [0.717, 1.165) is 22.9 Å².